The lowest BCUT2D eigenvalue weighted by atomic mass is 10.2. The molecule has 0 saturated carbocycles. The molecule has 0 fully saturated rings. The summed E-state index contributed by atoms with van der Waals surface area (Å²) in [6.45, 7) is 9.15. The first-order valence-corrected chi connectivity index (χ1v) is 8.20. The van der Waals surface area contributed by atoms with Gasteiger partial charge in [0.15, 0.2) is 0 Å². The molecule has 1 aromatic rings. The normalized spacial score (nSPS) is 10.8. The Kier molecular flexibility index (Phi) is 7.75. The van der Waals surface area contributed by atoms with Crippen molar-refractivity contribution in [3.05, 3.63) is 28.2 Å². The van der Waals surface area contributed by atoms with Crippen molar-refractivity contribution in [2.45, 2.75) is 27.3 Å². The molecule has 1 aromatic carbocycles. The molecule has 2 N–H and O–H groups in total. The molecule has 0 aliphatic rings. The molecule has 1 rings (SSSR count). The molecule has 4 nitrogen and oxygen atoms in total. The van der Waals surface area contributed by atoms with Crippen LogP contribution in [0.1, 0.15) is 26.3 Å². The Balaban J connectivity index is 2.61. The van der Waals surface area contributed by atoms with Crippen LogP contribution in [-0.2, 0) is 11.3 Å². The van der Waals surface area contributed by atoms with Gasteiger partial charge in [0.2, 0.25) is 5.91 Å². The minimum Gasteiger partial charge on any atom is -0.364 e. The van der Waals surface area contributed by atoms with Crippen molar-refractivity contribution in [3.63, 3.8) is 0 Å². The van der Waals surface area contributed by atoms with Gasteiger partial charge in [-0.3, -0.25) is 4.79 Å². The maximum atomic E-state index is 11.9. The molecule has 118 valence electrons. The molecule has 0 radical (unpaired) electrons. The van der Waals surface area contributed by atoms with Crippen LogP contribution in [-0.4, -0.2) is 32.6 Å². The molecule has 0 atom stereocenters. The van der Waals surface area contributed by atoms with Crippen LogP contribution in [0.2, 0.25) is 0 Å². The second-order valence-electron chi connectivity index (χ2n) is 5.62. The number of halogens is 1. The van der Waals surface area contributed by atoms with Gasteiger partial charge in [-0.25, -0.2) is 0 Å². The summed E-state index contributed by atoms with van der Waals surface area (Å²) in [7, 11) is 1.93. The Morgan fingerprint density at radius 2 is 2.10 bits per heavy atom. The maximum absolute atomic E-state index is 11.9. The number of rotatable bonds is 8. The van der Waals surface area contributed by atoms with Crippen molar-refractivity contribution in [1.82, 2.24) is 10.6 Å². The van der Waals surface area contributed by atoms with E-state index in [9.17, 15) is 4.79 Å². The monoisotopic (exact) mass is 355 g/mol. The first-order chi connectivity index (χ1) is 9.93. The molecular formula is C16H26BrN3O. The van der Waals surface area contributed by atoms with Gasteiger partial charge in [-0.15, -0.1) is 0 Å². The van der Waals surface area contributed by atoms with Gasteiger partial charge in [0.1, 0.15) is 0 Å². The summed E-state index contributed by atoms with van der Waals surface area (Å²) in [4.78, 5) is 13.8. The van der Waals surface area contributed by atoms with Gasteiger partial charge in [0.25, 0.3) is 0 Å². The van der Waals surface area contributed by atoms with Crippen LogP contribution in [0.5, 0.6) is 0 Å². The number of benzene rings is 1. The van der Waals surface area contributed by atoms with E-state index in [-0.39, 0.29) is 5.91 Å². The van der Waals surface area contributed by atoms with E-state index >= 15 is 0 Å². The number of anilines is 1. The number of likely N-dealkylation sites (N-methyl/N-ethyl adjacent to an activating group) is 1. The Morgan fingerprint density at radius 3 is 2.67 bits per heavy atom. The van der Waals surface area contributed by atoms with Crippen LogP contribution in [0.3, 0.4) is 0 Å². The molecule has 1 amide bonds. The Labute approximate surface area is 136 Å². The van der Waals surface area contributed by atoms with Crippen molar-refractivity contribution in [1.29, 1.82) is 0 Å². The van der Waals surface area contributed by atoms with E-state index in [0.29, 0.717) is 12.5 Å². The predicted octanol–water partition coefficient (Wildman–Crippen LogP) is 2.77. The average molecular weight is 356 g/mol. The van der Waals surface area contributed by atoms with Gasteiger partial charge >= 0.3 is 0 Å². The summed E-state index contributed by atoms with van der Waals surface area (Å²) >= 11 is 3.59. The van der Waals surface area contributed by atoms with E-state index in [1.165, 1.54) is 5.56 Å². The van der Waals surface area contributed by atoms with Crippen LogP contribution in [0.4, 0.5) is 5.69 Å². The fourth-order valence-corrected chi connectivity index (χ4v) is 2.64. The minimum atomic E-state index is 0.0508. The van der Waals surface area contributed by atoms with Crippen molar-refractivity contribution < 1.29 is 4.79 Å². The lowest BCUT2D eigenvalue weighted by Crippen LogP contribution is -2.37. The standard InChI is InChI=1S/C16H26BrN3O/c1-5-18-10-13-6-7-15(14(17)8-13)20(4)11-16(21)19-9-12(2)3/h6-8,12,18H,5,9-11H2,1-4H3,(H,19,21). The second-order valence-corrected chi connectivity index (χ2v) is 6.47. The number of hydrogen-bond donors (Lipinski definition) is 2. The zero-order chi connectivity index (χ0) is 15.8. The van der Waals surface area contributed by atoms with Crippen LogP contribution in [0, 0.1) is 5.92 Å². The molecule has 21 heavy (non-hydrogen) atoms. The minimum absolute atomic E-state index is 0.0508. The topological polar surface area (TPSA) is 44.4 Å². The maximum Gasteiger partial charge on any atom is 0.239 e. The van der Waals surface area contributed by atoms with E-state index in [2.05, 4.69) is 59.5 Å². The zero-order valence-electron chi connectivity index (χ0n) is 13.4. The van der Waals surface area contributed by atoms with Crippen molar-refractivity contribution in [3.8, 4) is 0 Å². The number of amides is 1. The molecule has 0 spiro atoms. The zero-order valence-corrected chi connectivity index (χ0v) is 15.0. The smallest absolute Gasteiger partial charge is 0.239 e. The van der Waals surface area contributed by atoms with Crippen molar-refractivity contribution >= 4 is 27.5 Å². The second kappa shape index (κ2) is 9.05. The molecule has 0 bridgehead atoms. The Bertz CT molecular complexity index is 463. The lowest BCUT2D eigenvalue weighted by Gasteiger charge is -2.21. The first-order valence-electron chi connectivity index (χ1n) is 7.41. The third-order valence-corrected chi connectivity index (χ3v) is 3.73. The summed E-state index contributed by atoms with van der Waals surface area (Å²) in [5.74, 6) is 0.520. The summed E-state index contributed by atoms with van der Waals surface area (Å²) in [5.41, 5.74) is 2.25. The van der Waals surface area contributed by atoms with E-state index in [1.807, 2.05) is 18.0 Å². The molecule has 0 unspecified atom stereocenters. The number of nitrogens with one attached hydrogen (secondary N) is 2. The van der Waals surface area contributed by atoms with E-state index in [0.717, 1.165) is 29.8 Å². The van der Waals surface area contributed by atoms with Crippen molar-refractivity contribution in [2.75, 3.05) is 31.6 Å². The molecule has 0 saturated heterocycles. The highest BCUT2D eigenvalue weighted by molar-refractivity contribution is 9.10. The van der Waals surface area contributed by atoms with Gasteiger partial charge in [0, 0.05) is 24.6 Å². The van der Waals surface area contributed by atoms with E-state index < -0.39 is 0 Å². The summed E-state index contributed by atoms with van der Waals surface area (Å²) in [6.07, 6.45) is 0. The predicted molar refractivity (Wildman–Crippen MR) is 92.6 cm³/mol. The molecular weight excluding hydrogens is 330 g/mol. The summed E-state index contributed by atoms with van der Waals surface area (Å²) in [5, 5.41) is 6.24. The van der Waals surface area contributed by atoms with Gasteiger partial charge < -0.3 is 15.5 Å². The highest BCUT2D eigenvalue weighted by Gasteiger charge is 2.11. The van der Waals surface area contributed by atoms with Gasteiger partial charge in [0.05, 0.1) is 12.2 Å². The Hall–Kier alpha value is -1.07. The molecule has 0 aliphatic carbocycles. The van der Waals surface area contributed by atoms with E-state index in [4.69, 9.17) is 0 Å². The summed E-state index contributed by atoms with van der Waals surface area (Å²) < 4.78 is 1.01. The van der Waals surface area contributed by atoms with Gasteiger partial charge in [-0.1, -0.05) is 26.8 Å². The Morgan fingerprint density at radius 1 is 1.38 bits per heavy atom. The molecule has 0 aromatic heterocycles. The largest absolute Gasteiger partial charge is 0.364 e. The third kappa shape index (κ3) is 6.48. The number of carbonyl (C=O) groups excluding carboxylic acids is 1. The summed E-state index contributed by atoms with van der Waals surface area (Å²) in [6, 6.07) is 6.23. The fraction of sp³-hybridized carbons (Fsp3) is 0.562. The molecule has 0 aliphatic heterocycles. The van der Waals surface area contributed by atoms with E-state index in [1.54, 1.807) is 0 Å². The molecule has 0 heterocycles. The van der Waals surface area contributed by atoms with Gasteiger partial charge in [-0.05, 0) is 46.1 Å². The first kappa shape index (κ1) is 18.0. The van der Waals surface area contributed by atoms with Crippen LogP contribution >= 0.6 is 15.9 Å². The lowest BCUT2D eigenvalue weighted by molar-refractivity contribution is -0.119. The average Bonchev–Trinajstić information content (AvgIpc) is 2.42. The highest BCUT2D eigenvalue weighted by atomic mass is 79.9. The van der Waals surface area contributed by atoms with Crippen LogP contribution in [0.25, 0.3) is 0 Å². The van der Waals surface area contributed by atoms with Gasteiger partial charge in [-0.2, -0.15) is 0 Å². The molecule has 5 heteroatoms. The fourth-order valence-electron chi connectivity index (χ4n) is 1.91. The number of hydrogen-bond acceptors (Lipinski definition) is 3. The quantitative estimate of drug-likeness (QED) is 0.753. The third-order valence-electron chi connectivity index (χ3n) is 3.09. The number of carbonyl (C=O) groups is 1. The highest BCUT2D eigenvalue weighted by Crippen LogP contribution is 2.26. The van der Waals surface area contributed by atoms with Crippen LogP contribution < -0.4 is 15.5 Å². The van der Waals surface area contributed by atoms with Crippen molar-refractivity contribution in [2.24, 2.45) is 5.92 Å². The van der Waals surface area contributed by atoms with Crippen LogP contribution in [0.15, 0.2) is 22.7 Å². The number of nitrogens with zero attached hydrogens (tertiary/aromatic N) is 1. The SMILES string of the molecule is CCNCc1ccc(N(C)CC(=O)NCC(C)C)c(Br)c1.